The summed E-state index contributed by atoms with van der Waals surface area (Å²) in [7, 11) is 0. The van der Waals surface area contributed by atoms with Gasteiger partial charge in [0.25, 0.3) is 47.3 Å². The van der Waals surface area contributed by atoms with Crippen LogP contribution in [0.15, 0.2) is 103 Å². The molecule has 10 amide bonds. The zero-order chi connectivity index (χ0) is 81.7. The fourth-order valence-corrected chi connectivity index (χ4v) is 12.7. The molecule has 0 aliphatic carbocycles. The van der Waals surface area contributed by atoms with Gasteiger partial charge in [0.15, 0.2) is 11.2 Å². The standard InChI is InChI=1S/C79H105N21O15.Tb/c80-79-97-69-64(94-50-95-69)78(98-79)115-49-52-24-22-51(23-25-52)47-93-63(102)21-4-2-1-3-20-62(101)85-26-6-5-11-53-48-84-30-29-83-33-36-88-72(109)56-14-9-17-59(67(56)105)75(112)90-38-42-99-41-37-89-73(110)57-15-7-12-54(65(57)103)70(107)86-34-31-81-27-28-82-32-35-87-71(108)55-13-8-16-58(66(55)104)74(111)91-39-43-100(46-45-99)44-40-92-76(113)60-18-10-19-61(68(60)106)77(114)96-53;/h7-10,12-19,22-25,50,53,81-84,103-106H,1-6,11,20-21,26-49H2,(H,85,101)(H,86,107)(H,87,108)(H,88,109)(H,89,110)(H,90,112)(H,91,111)(H,92,113)(H,93,102)(H,96,114)(H3,80,94,95,97,98);/q;+3/p-2. The number of aromatic nitrogens is 4. The van der Waals surface area contributed by atoms with Gasteiger partial charge in [0.1, 0.15) is 18.1 Å². The number of fused-ring (bicyclic) bond motifs is 12. The molecule has 36 nitrogen and oxygen atoms in total. The average Bonchev–Trinajstić information content (AvgIpc) is 1.67. The number of para-hydroxylation sites is 4. The molecule has 19 N–H and O–H groups in total. The third-order valence-corrected chi connectivity index (χ3v) is 19.1. The third-order valence-electron chi connectivity index (χ3n) is 19.1. The topological polar surface area (TPSA) is 522 Å². The number of anilines is 1. The van der Waals surface area contributed by atoms with E-state index in [0.29, 0.717) is 115 Å². The van der Waals surface area contributed by atoms with Crippen molar-refractivity contribution in [1.82, 2.24) is 104 Å². The van der Waals surface area contributed by atoms with Crippen molar-refractivity contribution in [3.8, 4) is 28.9 Å². The maximum Gasteiger partial charge on any atom is 3.00 e. The van der Waals surface area contributed by atoms with Crippen LogP contribution in [-0.4, -0.2) is 249 Å². The van der Waals surface area contributed by atoms with Gasteiger partial charge in [-0.15, -0.1) is 0 Å². The van der Waals surface area contributed by atoms with Gasteiger partial charge in [0.05, 0.1) is 28.6 Å². The van der Waals surface area contributed by atoms with E-state index in [9.17, 15) is 68.4 Å². The number of rotatable bonds is 17. The number of nitrogens with one attached hydrogen (secondary N) is 15. The Morgan fingerprint density at radius 3 is 1.30 bits per heavy atom. The van der Waals surface area contributed by atoms with Crippen LogP contribution in [0, 0.1) is 38.6 Å². The number of nitrogens with two attached hydrogens (primary N) is 1. The second-order valence-corrected chi connectivity index (χ2v) is 27.5. The molecular weight excluding hydrogens is 1640 g/mol. The summed E-state index contributed by atoms with van der Waals surface area (Å²) in [6.07, 6.45) is 6.61. The van der Waals surface area contributed by atoms with E-state index < -0.39 is 76.3 Å². The molecule has 116 heavy (non-hydrogen) atoms. The second-order valence-electron chi connectivity index (χ2n) is 27.5. The van der Waals surface area contributed by atoms with E-state index in [1.807, 2.05) is 34.1 Å². The number of H-pyrrole nitrogens is 1. The minimum absolute atomic E-state index is 0. The van der Waals surface area contributed by atoms with Crippen molar-refractivity contribution in [2.75, 3.05) is 150 Å². The van der Waals surface area contributed by atoms with Crippen LogP contribution in [0.4, 0.5) is 5.95 Å². The molecule has 622 valence electrons. The Morgan fingerprint density at radius 2 is 0.845 bits per heavy atom. The van der Waals surface area contributed by atoms with Gasteiger partial charge in [0.2, 0.25) is 23.6 Å². The Labute approximate surface area is 702 Å². The van der Waals surface area contributed by atoms with Crippen LogP contribution < -0.4 is 95.1 Å². The number of hydrogen-bond acceptors (Lipinski definition) is 25. The van der Waals surface area contributed by atoms with Crippen molar-refractivity contribution in [1.29, 1.82) is 0 Å². The molecule has 0 radical (unpaired) electrons. The molecule has 9 rings (SSSR count). The Kier molecular flexibility index (Phi) is 38.0. The molecule has 37 heteroatoms. The van der Waals surface area contributed by atoms with Gasteiger partial charge in [-0.05, 0) is 67.5 Å². The van der Waals surface area contributed by atoms with E-state index in [1.54, 1.807) is 0 Å². The summed E-state index contributed by atoms with van der Waals surface area (Å²) in [6, 6.07) is 23.7. The second kappa shape index (κ2) is 48.5. The van der Waals surface area contributed by atoms with Gasteiger partial charge >= 0.3 is 38.6 Å². The zero-order valence-corrected chi connectivity index (χ0v) is 66.7. The van der Waals surface area contributed by atoms with Gasteiger partial charge < -0.3 is 110 Å². The molecule has 2 aliphatic heterocycles. The largest absolute Gasteiger partial charge is 3.00 e. The van der Waals surface area contributed by atoms with Crippen LogP contribution in [-0.2, 0) is 22.7 Å². The van der Waals surface area contributed by atoms with E-state index in [1.165, 1.54) is 79.1 Å². The molecule has 4 heterocycles. The Bertz CT molecular complexity index is 4460. The average molecular weight is 1750 g/mol. The van der Waals surface area contributed by atoms with E-state index in [-0.39, 0.29) is 205 Å². The van der Waals surface area contributed by atoms with Crippen molar-refractivity contribution >= 4 is 76.2 Å². The van der Waals surface area contributed by atoms with Crippen molar-refractivity contribution in [3.63, 3.8) is 0 Å². The van der Waals surface area contributed by atoms with Crippen molar-refractivity contribution in [3.05, 3.63) is 159 Å². The maximum absolute atomic E-state index is 14.2. The van der Waals surface area contributed by atoms with E-state index >= 15 is 0 Å². The first-order valence-corrected chi connectivity index (χ1v) is 38.8. The fourth-order valence-electron chi connectivity index (χ4n) is 12.7. The summed E-state index contributed by atoms with van der Waals surface area (Å²) in [5.74, 6) is -8.09. The number of hydrogen-bond donors (Lipinski definition) is 18. The molecule has 0 spiro atoms. The number of nitrogens with zero attached hydrogens (tertiary/aromatic N) is 5. The SMILES string of the molecule is Nc1nc(OCc2ccc(CNC(=O)CCCCCCC(=O)NCCCCC3CNCCNCCNC(=O)c4cccc(c4[O-])C(=O)NCCN4CCNC(=O)c5cccc(c5O)C(=O)NCCNCCNCCNC(=O)c5cccc(c5[O-])C(=O)NCCN(CCNC(=O)c5cccc(c5O)C(=O)N3)CC4)cc2)c2nc[nH]c2n1.[Tb+3]. The first kappa shape index (κ1) is 90.7. The number of aromatic amines is 1. The predicted molar refractivity (Wildman–Crippen MR) is 423 cm³/mol. The predicted octanol–water partition coefficient (Wildman–Crippen LogP) is -0.687. The van der Waals surface area contributed by atoms with E-state index in [4.69, 9.17) is 10.5 Å². The summed E-state index contributed by atoms with van der Waals surface area (Å²) in [4.78, 5) is 154. The van der Waals surface area contributed by atoms with Crippen molar-refractivity contribution in [2.24, 2.45) is 0 Å². The molecule has 10 bridgehead atoms. The van der Waals surface area contributed by atoms with Gasteiger partial charge in [-0.1, -0.05) is 97.1 Å². The van der Waals surface area contributed by atoms with E-state index in [2.05, 4.69) is 94.4 Å². The molecular formula is C79H103N21O15Tb+. The maximum atomic E-state index is 14.2. The summed E-state index contributed by atoms with van der Waals surface area (Å²) < 4.78 is 5.86. The number of ether oxygens (including phenoxy) is 1. The minimum atomic E-state index is -0.794. The number of unbranched alkanes of at least 4 members (excludes halogenated alkanes) is 4. The fraction of sp³-hybridized carbons (Fsp3) is 0.430. The summed E-state index contributed by atoms with van der Waals surface area (Å²) in [6.45, 7) is 5.15. The Morgan fingerprint density at radius 1 is 0.457 bits per heavy atom. The van der Waals surface area contributed by atoms with Crippen LogP contribution >= 0.6 is 0 Å². The number of aromatic hydroxyl groups is 2. The number of benzene rings is 5. The summed E-state index contributed by atoms with van der Waals surface area (Å²) >= 11 is 0. The van der Waals surface area contributed by atoms with Gasteiger partial charge in [0, 0.05) is 192 Å². The number of phenolic OH excluding ortho intramolecular Hbond substituents is 2. The first-order chi connectivity index (χ1) is 55.8. The van der Waals surface area contributed by atoms with Crippen LogP contribution in [0.25, 0.3) is 11.2 Å². The van der Waals surface area contributed by atoms with Gasteiger partial charge in [-0.2, -0.15) is 9.97 Å². The number of phenols is 2. The number of carbonyl (C=O) groups excluding carboxylic acids is 10. The number of nitrogen functional groups attached to an aromatic ring is 1. The van der Waals surface area contributed by atoms with Crippen LogP contribution in [0.2, 0.25) is 0 Å². The van der Waals surface area contributed by atoms with Crippen molar-refractivity contribution in [2.45, 2.75) is 77.0 Å². The molecule has 2 aromatic heterocycles. The molecule has 7 aromatic rings. The molecule has 0 fully saturated rings. The van der Waals surface area contributed by atoms with Crippen LogP contribution in [0.1, 0.15) is 152 Å². The monoisotopic (exact) mass is 1740 g/mol. The van der Waals surface area contributed by atoms with Crippen LogP contribution in [0.5, 0.6) is 28.9 Å². The summed E-state index contributed by atoms with van der Waals surface area (Å²) in [5.41, 5.74) is 6.87. The molecule has 5 aromatic carbocycles. The normalized spacial score (nSPS) is 17.8. The Balaban J connectivity index is 0.0000168. The molecule has 0 saturated carbocycles. The van der Waals surface area contributed by atoms with Gasteiger partial charge in [-0.3, -0.25) is 57.7 Å². The number of imidazole rings is 1. The minimum Gasteiger partial charge on any atom is -0.871 e. The summed E-state index contributed by atoms with van der Waals surface area (Å²) in [5, 5.41) is 91.4. The van der Waals surface area contributed by atoms with E-state index in [0.717, 1.165) is 24.0 Å². The molecule has 2 aliphatic rings. The third kappa shape index (κ3) is 28.9. The van der Waals surface area contributed by atoms with Crippen LogP contribution in [0.3, 0.4) is 0 Å². The molecule has 3 unspecified atom stereocenters. The molecule has 0 saturated heterocycles. The number of carbonyl (C=O) groups is 10. The van der Waals surface area contributed by atoms with Gasteiger partial charge in [-0.25, -0.2) is 4.98 Å². The quantitative estimate of drug-likeness (QED) is 0.0502. The Hall–Kier alpha value is -10.8. The first-order valence-electron chi connectivity index (χ1n) is 38.8. The van der Waals surface area contributed by atoms with Crippen molar-refractivity contribution < 1.29 is 112 Å². The molecule has 3 atom stereocenters. The zero-order valence-electron chi connectivity index (χ0n) is 64.6. The number of amides is 10. The smallest absolute Gasteiger partial charge is 0.871 e.